The van der Waals surface area contributed by atoms with Gasteiger partial charge in [-0.05, 0) is 49.6 Å². The molecule has 2 N–H and O–H groups in total. The zero-order valence-electron chi connectivity index (χ0n) is 13.8. The van der Waals surface area contributed by atoms with Gasteiger partial charge in [0.05, 0.1) is 0 Å². The lowest BCUT2D eigenvalue weighted by atomic mass is 9.94. The van der Waals surface area contributed by atoms with Crippen LogP contribution in [0.1, 0.15) is 48.2 Å². The molecule has 1 aromatic carbocycles. The van der Waals surface area contributed by atoms with Gasteiger partial charge in [0.2, 0.25) is 0 Å². The van der Waals surface area contributed by atoms with Crippen molar-refractivity contribution in [2.75, 3.05) is 12.8 Å². The first-order chi connectivity index (χ1) is 11.1. The van der Waals surface area contributed by atoms with E-state index in [0.717, 1.165) is 24.0 Å². The predicted octanol–water partition coefficient (Wildman–Crippen LogP) is 4.24. The Morgan fingerprint density at radius 2 is 1.91 bits per heavy atom. The average Bonchev–Trinajstić information content (AvgIpc) is 3.04. The number of nitrogen functional groups attached to an aromatic ring is 1. The van der Waals surface area contributed by atoms with E-state index in [2.05, 4.69) is 0 Å². The molecule has 122 valence electrons. The number of hydrogen-bond donors (Lipinski definition) is 1. The number of rotatable bonds is 3. The number of aryl methyl sites for hydroxylation is 1. The molecule has 4 nitrogen and oxygen atoms in total. The Balaban J connectivity index is 1.79. The van der Waals surface area contributed by atoms with E-state index in [0.29, 0.717) is 23.2 Å². The molecular weight excluding hydrogens is 288 g/mol. The Labute approximate surface area is 137 Å². The molecule has 1 aliphatic rings. The molecule has 1 aromatic heterocycles. The van der Waals surface area contributed by atoms with Crippen LogP contribution in [-0.2, 0) is 0 Å². The van der Waals surface area contributed by atoms with Crippen LogP contribution >= 0.6 is 0 Å². The van der Waals surface area contributed by atoms with Gasteiger partial charge in [-0.2, -0.15) is 0 Å². The van der Waals surface area contributed by atoms with E-state index in [9.17, 15) is 4.79 Å². The van der Waals surface area contributed by atoms with E-state index in [1.54, 1.807) is 6.07 Å². The minimum atomic E-state index is -0.0474. The van der Waals surface area contributed by atoms with Crippen molar-refractivity contribution in [3.8, 4) is 11.3 Å². The monoisotopic (exact) mass is 312 g/mol. The van der Waals surface area contributed by atoms with E-state index in [1.807, 2.05) is 43.1 Å². The molecule has 0 spiro atoms. The molecule has 2 aromatic rings. The zero-order valence-corrected chi connectivity index (χ0v) is 13.8. The van der Waals surface area contributed by atoms with Crippen LogP contribution in [0, 0.1) is 6.92 Å². The van der Waals surface area contributed by atoms with E-state index in [-0.39, 0.29) is 5.91 Å². The lowest BCUT2D eigenvalue weighted by Gasteiger charge is -2.30. The van der Waals surface area contributed by atoms with Crippen molar-refractivity contribution < 1.29 is 9.21 Å². The number of hydrogen-bond acceptors (Lipinski definition) is 3. The summed E-state index contributed by atoms with van der Waals surface area (Å²) in [6.45, 7) is 2.00. The van der Waals surface area contributed by atoms with Crippen LogP contribution in [0.25, 0.3) is 11.3 Å². The third-order valence-electron chi connectivity index (χ3n) is 4.73. The normalized spacial score (nSPS) is 15.6. The zero-order chi connectivity index (χ0) is 16.4. The molecule has 0 saturated heterocycles. The molecule has 1 fully saturated rings. The predicted molar refractivity (Wildman–Crippen MR) is 92.3 cm³/mol. The molecule has 0 unspecified atom stereocenters. The van der Waals surface area contributed by atoms with Gasteiger partial charge < -0.3 is 15.1 Å². The van der Waals surface area contributed by atoms with Gasteiger partial charge in [-0.1, -0.05) is 25.3 Å². The number of nitrogens with zero attached hydrogens (tertiary/aromatic N) is 1. The van der Waals surface area contributed by atoms with Gasteiger partial charge in [-0.15, -0.1) is 0 Å². The Kier molecular flexibility index (Phi) is 4.42. The first-order valence-electron chi connectivity index (χ1n) is 8.30. The van der Waals surface area contributed by atoms with E-state index in [4.69, 9.17) is 10.2 Å². The Bertz CT molecular complexity index is 699. The topological polar surface area (TPSA) is 59.5 Å². The second kappa shape index (κ2) is 6.49. The highest BCUT2D eigenvalue weighted by molar-refractivity contribution is 5.92. The highest BCUT2D eigenvalue weighted by atomic mass is 16.4. The first kappa shape index (κ1) is 15.7. The second-order valence-electron chi connectivity index (χ2n) is 6.46. The van der Waals surface area contributed by atoms with E-state index >= 15 is 0 Å². The number of anilines is 1. The number of amides is 1. The lowest BCUT2D eigenvalue weighted by Crippen LogP contribution is -2.38. The SMILES string of the molecule is Cc1ccc(-c2ccc(C(=O)N(C)C3CCCCC3)o2)c(N)c1. The fourth-order valence-corrected chi connectivity index (χ4v) is 3.31. The summed E-state index contributed by atoms with van der Waals surface area (Å²) in [5.74, 6) is 0.977. The fourth-order valence-electron chi connectivity index (χ4n) is 3.31. The van der Waals surface area contributed by atoms with Gasteiger partial charge in [0.15, 0.2) is 5.76 Å². The van der Waals surface area contributed by atoms with Gasteiger partial charge in [0.1, 0.15) is 5.76 Å². The molecule has 1 saturated carbocycles. The maximum absolute atomic E-state index is 12.6. The maximum Gasteiger partial charge on any atom is 0.289 e. The molecule has 0 atom stereocenters. The van der Waals surface area contributed by atoms with Crippen LogP contribution in [0.5, 0.6) is 0 Å². The van der Waals surface area contributed by atoms with Crippen molar-refractivity contribution in [1.29, 1.82) is 0 Å². The van der Waals surface area contributed by atoms with Crippen molar-refractivity contribution in [2.24, 2.45) is 0 Å². The molecular formula is C19H24N2O2. The van der Waals surface area contributed by atoms with Gasteiger partial charge in [-0.25, -0.2) is 0 Å². The van der Waals surface area contributed by atoms with Crippen LogP contribution in [0.15, 0.2) is 34.7 Å². The molecule has 4 heteroatoms. The van der Waals surface area contributed by atoms with Crippen LogP contribution in [0.3, 0.4) is 0 Å². The average molecular weight is 312 g/mol. The van der Waals surface area contributed by atoms with Crippen molar-refractivity contribution in [1.82, 2.24) is 4.90 Å². The van der Waals surface area contributed by atoms with Crippen LogP contribution < -0.4 is 5.73 Å². The summed E-state index contributed by atoms with van der Waals surface area (Å²) in [6.07, 6.45) is 5.84. The minimum absolute atomic E-state index is 0.0474. The number of nitrogens with two attached hydrogens (primary N) is 1. The van der Waals surface area contributed by atoms with Crippen LogP contribution in [0.4, 0.5) is 5.69 Å². The van der Waals surface area contributed by atoms with E-state index in [1.165, 1.54) is 19.3 Å². The number of carbonyl (C=O) groups is 1. The van der Waals surface area contributed by atoms with E-state index < -0.39 is 0 Å². The molecule has 23 heavy (non-hydrogen) atoms. The smallest absolute Gasteiger partial charge is 0.289 e. The van der Waals surface area contributed by atoms with Gasteiger partial charge >= 0.3 is 0 Å². The van der Waals surface area contributed by atoms with Crippen molar-refractivity contribution in [3.63, 3.8) is 0 Å². The summed E-state index contributed by atoms with van der Waals surface area (Å²) in [5.41, 5.74) is 8.66. The van der Waals surface area contributed by atoms with Gasteiger partial charge in [0, 0.05) is 24.3 Å². The summed E-state index contributed by atoms with van der Waals surface area (Å²) >= 11 is 0. The highest BCUT2D eigenvalue weighted by Crippen LogP contribution is 2.29. The minimum Gasteiger partial charge on any atom is -0.451 e. The number of furan rings is 1. The fraction of sp³-hybridized carbons (Fsp3) is 0.421. The summed E-state index contributed by atoms with van der Waals surface area (Å²) in [6, 6.07) is 9.73. The van der Waals surface area contributed by atoms with Gasteiger partial charge in [0.25, 0.3) is 5.91 Å². The molecule has 0 bridgehead atoms. The van der Waals surface area contributed by atoms with Crippen LogP contribution in [0.2, 0.25) is 0 Å². The quantitative estimate of drug-likeness (QED) is 0.862. The standard InChI is InChI=1S/C19H24N2O2/c1-13-8-9-15(16(20)12-13)17-10-11-18(23-17)19(22)21(2)14-6-4-3-5-7-14/h8-12,14H,3-7,20H2,1-2H3. The second-order valence-corrected chi connectivity index (χ2v) is 6.46. The van der Waals surface area contributed by atoms with Gasteiger partial charge in [-0.3, -0.25) is 4.79 Å². The third-order valence-corrected chi connectivity index (χ3v) is 4.73. The van der Waals surface area contributed by atoms with Crippen molar-refractivity contribution >= 4 is 11.6 Å². The lowest BCUT2D eigenvalue weighted by molar-refractivity contribution is 0.0665. The van der Waals surface area contributed by atoms with Crippen molar-refractivity contribution in [3.05, 3.63) is 41.7 Å². The molecule has 1 aliphatic carbocycles. The first-order valence-corrected chi connectivity index (χ1v) is 8.30. The molecule has 1 heterocycles. The Hall–Kier alpha value is -2.23. The highest BCUT2D eigenvalue weighted by Gasteiger charge is 2.25. The molecule has 0 aliphatic heterocycles. The summed E-state index contributed by atoms with van der Waals surface area (Å²) in [7, 11) is 1.88. The summed E-state index contributed by atoms with van der Waals surface area (Å²) in [4.78, 5) is 14.5. The number of carbonyl (C=O) groups excluding carboxylic acids is 1. The Morgan fingerprint density at radius 3 is 2.61 bits per heavy atom. The largest absolute Gasteiger partial charge is 0.451 e. The Morgan fingerprint density at radius 1 is 1.17 bits per heavy atom. The molecule has 3 rings (SSSR count). The summed E-state index contributed by atoms with van der Waals surface area (Å²) in [5, 5.41) is 0. The third kappa shape index (κ3) is 3.26. The maximum atomic E-state index is 12.6. The van der Waals surface area contributed by atoms with Crippen molar-refractivity contribution in [2.45, 2.75) is 45.1 Å². The molecule has 1 amide bonds. The van der Waals surface area contributed by atoms with Crippen LogP contribution in [-0.4, -0.2) is 23.9 Å². The number of benzene rings is 1. The molecule has 0 radical (unpaired) electrons. The summed E-state index contributed by atoms with van der Waals surface area (Å²) < 4.78 is 5.79.